The van der Waals surface area contributed by atoms with Crippen LogP contribution in [0.3, 0.4) is 0 Å². The van der Waals surface area contributed by atoms with Gasteiger partial charge in [0.1, 0.15) is 29.9 Å². The molecule has 3 N–H and O–H groups in total. The standard InChI is InChI=1S/C29H45N3O8S/c1-20(33)23(15-11-12-18-30-27(36)38-19-21-13-9-8-10-14-21)32(37)26(41)31-22(25(35)40-29(5,6)7)16-17-24(34)39-28(2,3)4/h8-10,13-14,22-23,37H,11-12,15-19H2,1-7H3,(H,30,36)(H,31,41)/t22-,23-/m0/s1. The topological polar surface area (TPSA) is 144 Å². The van der Waals surface area contributed by atoms with E-state index in [1.807, 2.05) is 30.3 Å². The summed E-state index contributed by atoms with van der Waals surface area (Å²) in [6.07, 6.45) is 0.591. The van der Waals surface area contributed by atoms with Crippen molar-refractivity contribution in [3.8, 4) is 0 Å². The lowest BCUT2D eigenvalue weighted by atomic mass is 10.1. The summed E-state index contributed by atoms with van der Waals surface area (Å²) in [5.41, 5.74) is -0.609. The minimum Gasteiger partial charge on any atom is -0.460 e. The molecular formula is C29H45N3O8S. The van der Waals surface area contributed by atoms with Crippen LogP contribution in [0.15, 0.2) is 30.3 Å². The number of nitrogens with zero attached hydrogens (tertiary/aromatic N) is 1. The van der Waals surface area contributed by atoms with Crippen molar-refractivity contribution in [3.05, 3.63) is 35.9 Å². The van der Waals surface area contributed by atoms with Crippen molar-refractivity contribution in [3.63, 3.8) is 0 Å². The molecule has 41 heavy (non-hydrogen) atoms. The van der Waals surface area contributed by atoms with Crippen LogP contribution in [0.1, 0.15) is 86.1 Å². The molecule has 1 rings (SSSR count). The second kappa shape index (κ2) is 16.9. The number of carbonyl (C=O) groups excluding carboxylic acids is 4. The summed E-state index contributed by atoms with van der Waals surface area (Å²) in [5, 5.41) is 16.5. The monoisotopic (exact) mass is 595 g/mol. The van der Waals surface area contributed by atoms with E-state index in [4.69, 9.17) is 26.4 Å². The smallest absolute Gasteiger partial charge is 0.407 e. The van der Waals surface area contributed by atoms with Crippen LogP contribution in [0.5, 0.6) is 0 Å². The molecule has 1 aromatic rings. The lowest BCUT2D eigenvalue weighted by Crippen LogP contribution is -2.52. The number of hydrogen-bond acceptors (Lipinski definition) is 9. The van der Waals surface area contributed by atoms with Crippen LogP contribution in [0.2, 0.25) is 0 Å². The first kappa shape index (κ1) is 35.8. The van der Waals surface area contributed by atoms with Crippen molar-refractivity contribution in [2.45, 2.75) is 110 Å². The fraction of sp³-hybridized carbons (Fsp3) is 0.621. The molecule has 1 aromatic carbocycles. The molecule has 0 bridgehead atoms. The number of hydroxylamine groups is 2. The van der Waals surface area contributed by atoms with Crippen molar-refractivity contribution < 1.29 is 38.6 Å². The highest BCUT2D eigenvalue weighted by atomic mass is 32.1. The van der Waals surface area contributed by atoms with Crippen LogP contribution in [0.25, 0.3) is 0 Å². The first-order valence-electron chi connectivity index (χ1n) is 13.7. The van der Waals surface area contributed by atoms with E-state index >= 15 is 0 Å². The van der Waals surface area contributed by atoms with Crippen LogP contribution < -0.4 is 10.6 Å². The molecule has 230 valence electrons. The molecule has 1 amide bonds. The Hall–Kier alpha value is -3.25. The van der Waals surface area contributed by atoms with Gasteiger partial charge in [-0.2, -0.15) is 0 Å². The number of ketones is 1. The van der Waals surface area contributed by atoms with E-state index in [0.29, 0.717) is 24.4 Å². The van der Waals surface area contributed by atoms with Crippen molar-refractivity contribution in [1.29, 1.82) is 0 Å². The van der Waals surface area contributed by atoms with Gasteiger partial charge in [-0.15, -0.1) is 0 Å². The van der Waals surface area contributed by atoms with Gasteiger partial charge >= 0.3 is 18.0 Å². The number of hydrogen-bond donors (Lipinski definition) is 3. The van der Waals surface area contributed by atoms with Crippen LogP contribution in [0.4, 0.5) is 4.79 Å². The number of thiocarbonyl (C=S) groups is 1. The molecule has 0 spiro atoms. The summed E-state index contributed by atoms with van der Waals surface area (Å²) >= 11 is 5.30. The Balaban J connectivity index is 2.65. The third-order valence-electron chi connectivity index (χ3n) is 5.41. The van der Waals surface area contributed by atoms with E-state index in [2.05, 4.69) is 10.6 Å². The van der Waals surface area contributed by atoms with Gasteiger partial charge in [0.15, 0.2) is 10.9 Å². The second-order valence-corrected chi connectivity index (χ2v) is 12.0. The Kier molecular flexibility index (Phi) is 14.7. The maximum atomic E-state index is 12.8. The van der Waals surface area contributed by atoms with Crippen LogP contribution in [-0.4, -0.2) is 69.0 Å². The third-order valence-corrected chi connectivity index (χ3v) is 5.71. The number of nitrogens with one attached hydrogen (secondary N) is 2. The van der Waals surface area contributed by atoms with Crippen LogP contribution in [-0.2, 0) is 35.2 Å². The van der Waals surface area contributed by atoms with E-state index < -0.39 is 41.3 Å². The minimum absolute atomic E-state index is 0.00537. The molecule has 0 aliphatic heterocycles. The van der Waals surface area contributed by atoms with Gasteiger partial charge in [0, 0.05) is 13.0 Å². The molecular weight excluding hydrogens is 550 g/mol. The Morgan fingerprint density at radius 3 is 2.12 bits per heavy atom. The maximum absolute atomic E-state index is 12.8. The van der Waals surface area contributed by atoms with Crippen LogP contribution >= 0.6 is 12.2 Å². The fourth-order valence-corrected chi connectivity index (χ4v) is 3.83. The molecule has 0 aromatic heterocycles. The zero-order valence-corrected chi connectivity index (χ0v) is 26.0. The summed E-state index contributed by atoms with van der Waals surface area (Å²) in [4.78, 5) is 49.3. The van der Waals surface area contributed by atoms with Crippen molar-refractivity contribution in [1.82, 2.24) is 15.7 Å². The maximum Gasteiger partial charge on any atom is 0.407 e. The molecule has 0 unspecified atom stereocenters. The zero-order chi connectivity index (χ0) is 31.2. The van der Waals surface area contributed by atoms with E-state index in [-0.39, 0.29) is 36.8 Å². The van der Waals surface area contributed by atoms with Gasteiger partial charge in [0.2, 0.25) is 0 Å². The largest absolute Gasteiger partial charge is 0.460 e. The van der Waals surface area contributed by atoms with Gasteiger partial charge < -0.3 is 24.8 Å². The predicted molar refractivity (Wildman–Crippen MR) is 157 cm³/mol. The highest BCUT2D eigenvalue weighted by Crippen LogP contribution is 2.15. The molecule has 0 saturated carbocycles. The van der Waals surface area contributed by atoms with Gasteiger partial charge in [0.05, 0.1) is 0 Å². The molecule has 11 nitrogen and oxygen atoms in total. The second-order valence-electron chi connectivity index (χ2n) is 11.6. The average Bonchev–Trinajstić information content (AvgIpc) is 2.85. The lowest BCUT2D eigenvalue weighted by molar-refractivity contribution is -0.158. The highest BCUT2D eigenvalue weighted by molar-refractivity contribution is 7.80. The highest BCUT2D eigenvalue weighted by Gasteiger charge is 2.31. The number of benzene rings is 1. The molecule has 2 atom stereocenters. The number of esters is 2. The van der Waals surface area contributed by atoms with Gasteiger partial charge in [-0.05, 0) is 91.9 Å². The average molecular weight is 596 g/mol. The number of alkyl carbamates (subject to hydrolysis) is 1. The van der Waals surface area contributed by atoms with E-state index in [1.54, 1.807) is 41.5 Å². The number of carbonyl (C=O) groups is 4. The van der Waals surface area contributed by atoms with E-state index in [1.165, 1.54) is 6.92 Å². The van der Waals surface area contributed by atoms with Crippen LogP contribution in [0, 0.1) is 0 Å². The summed E-state index contributed by atoms with van der Waals surface area (Å²) in [6, 6.07) is 7.25. The normalized spacial score (nSPS) is 12.9. The molecule has 0 aliphatic carbocycles. The quantitative estimate of drug-likeness (QED) is 0.0923. The third kappa shape index (κ3) is 15.9. The van der Waals surface area contributed by atoms with Crippen molar-refractivity contribution in [2.75, 3.05) is 6.54 Å². The molecule has 0 radical (unpaired) electrons. The number of Topliss-reactive ketones (excluding diaryl/α,β-unsaturated/α-hetero) is 1. The van der Waals surface area contributed by atoms with Crippen molar-refractivity contribution >= 4 is 41.1 Å². The number of amides is 1. The summed E-state index contributed by atoms with van der Waals surface area (Å²) in [7, 11) is 0. The first-order valence-corrected chi connectivity index (χ1v) is 14.1. The Morgan fingerprint density at radius 1 is 0.951 bits per heavy atom. The molecule has 0 aliphatic rings. The summed E-state index contributed by atoms with van der Waals surface area (Å²) < 4.78 is 15.9. The molecule has 0 fully saturated rings. The Labute approximate surface area is 248 Å². The van der Waals surface area contributed by atoms with E-state index in [0.717, 1.165) is 5.56 Å². The number of rotatable bonds is 14. The Bertz CT molecular complexity index is 1020. The minimum atomic E-state index is -1.07. The number of unbranched alkanes of at least 4 members (excludes halogenated alkanes) is 1. The molecule has 0 saturated heterocycles. The fourth-order valence-electron chi connectivity index (χ4n) is 3.56. The summed E-state index contributed by atoms with van der Waals surface area (Å²) in [6.45, 7) is 12.1. The van der Waals surface area contributed by atoms with Gasteiger partial charge in [-0.3, -0.25) is 14.8 Å². The Morgan fingerprint density at radius 2 is 1.56 bits per heavy atom. The number of ether oxygens (including phenoxy) is 3. The predicted octanol–water partition coefficient (Wildman–Crippen LogP) is 4.44. The SMILES string of the molecule is CC(=O)[C@H](CCCCNC(=O)OCc1ccccc1)N(O)C(=S)N[C@@H](CCC(=O)OC(C)(C)C)C(=O)OC(C)(C)C. The molecule has 12 heteroatoms. The van der Waals surface area contributed by atoms with Crippen molar-refractivity contribution in [2.24, 2.45) is 0 Å². The summed E-state index contributed by atoms with van der Waals surface area (Å²) in [5.74, 6) is -1.50. The zero-order valence-electron chi connectivity index (χ0n) is 25.2. The van der Waals surface area contributed by atoms with E-state index in [9.17, 15) is 24.4 Å². The molecule has 0 heterocycles. The van der Waals surface area contributed by atoms with Gasteiger partial charge in [-0.25, -0.2) is 14.7 Å². The van der Waals surface area contributed by atoms with Gasteiger partial charge in [0.25, 0.3) is 0 Å². The first-order chi connectivity index (χ1) is 19.0. The van der Waals surface area contributed by atoms with Gasteiger partial charge in [-0.1, -0.05) is 30.3 Å². The lowest BCUT2D eigenvalue weighted by Gasteiger charge is -2.30.